The van der Waals surface area contributed by atoms with Gasteiger partial charge in [-0.15, -0.1) is 0 Å². The van der Waals surface area contributed by atoms with Gasteiger partial charge in [-0.25, -0.2) is 0 Å². The Labute approximate surface area is 190 Å². The third kappa shape index (κ3) is 5.50. The number of methoxy groups -OCH3 is 1. The number of alkyl halides is 3. The lowest BCUT2D eigenvalue weighted by Gasteiger charge is -2.36. The van der Waals surface area contributed by atoms with Crippen molar-refractivity contribution in [2.24, 2.45) is 0 Å². The Hall–Kier alpha value is -3.00. The zero-order valence-electron chi connectivity index (χ0n) is 18.5. The van der Waals surface area contributed by atoms with Crippen LogP contribution in [0, 0.1) is 0 Å². The highest BCUT2D eigenvalue weighted by atomic mass is 19.4. The van der Waals surface area contributed by atoms with Gasteiger partial charge in [0.15, 0.2) is 5.43 Å². The van der Waals surface area contributed by atoms with Gasteiger partial charge in [0.25, 0.3) is 0 Å². The smallest absolute Gasteiger partial charge is 0.416 e. The quantitative estimate of drug-likeness (QED) is 0.466. The maximum absolute atomic E-state index is 13.0. The summed E-state index contributed by atoms with van der Waals surface area (Å²) < 4.78 is 49.7. The van der Waals surface area contributed by atoms with E-state index in [1.165, 1.54) is 12.1 Å². The molecule has 2 heterocycles. The van der Waals surface area contributed by atoms with Crippen LogP contribution in [0.5, 0.6) is 5.75 Å². The van der Waals surface area contributed by atoms with Crippen molar-refractivity contribution in [1.82, 2.24) is 4.90 Å². The number of anilines is 1. The summed E-state index contributed by atoms with van der Waals surface area (Å²) in [6.45, 7) is 3.88. The molecule has 1 saturated heterocycles. The van der Waals surface area contributed by atoms with Gasteiger partial charge in [-0.2, -0.15) is 13.2 Å². The van der Waals surface area contributed by atoms with E-state index in [0.29, 0.717) is 47.5 Å². The van der Waals surface area contributed by atoms with Crippen molar-refractivity contribution in [3.05, 3.63) is 70.1 Å². The Morgan fingerprint density at radius 2 is 1.82 bits per heavy atom. The minimum Gasteiger partial charge on any atom is -0.497 e. The first-order valence-electron chi connectivity index (χ1n) is 11.1. The summed E-state index contributed by atoms with van der Waals surface area (Å²) in [4.78, 5) is 17.1. The molecular formula is C25H27F3N2O3. The summed E-state index contributed by atoms with van der Waals surface area (Å²) >= 11 is 0. The molecular weight excluding hydrogens is 433 g/mol. The van der Waals surface area contributed by atoms with Crippen LogP contribution in [-0.4, -0.2) is 44.7 Å². The average molecular weight is 460 g/mol. The van der Waals surface area contributed by atoms with E-state index in [4.69, 9.17) is 9.15 Å². The fourth-order valence-corrected chi connectivity index (χ4v) is 4.21. The predicted molar refractivity (Wildman–Crippen MR) is 122 cm³/mol. The maximum Gasteiger partial charge on any atom is 0.416 e. The number of halogens is 3. The highest BCUT2D eigenvalue weighted by molar-refractivity contribution is 5.78. The van der Waals surface area contributed by atoms with Crippen LogP contribution >= 0.6 is 0 Å². The van der Waals surface area contributed by atoms with Gasteiger partial charge in [0.05, 0.1) is 24.3 Å². The van der Waals surface area contributed by atoms with E-state index in [9.17, 15) is 18.0 Å². The molecule has 8 heteroatoms. The topological polar surface area (TPSA) is 45.9 Å². The second kappa shape index (κ2) is 9.87. The fraction of sp³-hybridized carbons (Fsp3) is 0.400. The SMILES string of the molecule is COc1ccc2occ(CCCCN3CCN(c4cccc(C(F)(F)F)c4)CC3)c(=O)c2c1. The molecule has 1 aromatic heterocycles. The number of piperazine rings is 1. The largest absolute Gasteiger partial charge is 0.497 e. The average Bonchev–Trinajstić information content (AvgIpc) is 2.83. The van der Waals surface area contributed by atoms with Crippen molar-refractivity contribution in [2.45, 2.75) is 25.4 Å². The third-order valence-electron chi connectivity index (χ3n) is 6.13. The molecule has 1 fully saturated rings. The van der Waals surface area contributed by atoms with Crippen LogP contribution in [0.3, 0.4) is 0 Å². The van der Waals surface area contributed by atoms with Crippen LogP contribution in [-0.2, 0) is 12.6 Å². The van der Waals surface area contributed by atoms with Crippen LogP contribution in [0.2, 0.25) is 0 Å². The predicted octanol–water partition coefficient (Wildman–Crippen LogP) is 4.97. The Kier molecular flexibility index (Phi) is 6.93. The summed E-state index contributed by atoms with van der Waals surface area (Å²) in [6.07, 6.45) is -0.357. The second-order valence-electron chi connectivity index (χ2n) is 8.29. The van der Waals surface area contributed by atoms with Gasteiger partial charge in [-0.1, -0.05) is 6.07 Å². The molecule has 33 heavy (non-hydrogen) atoms. The Morgan fingerprint density at radius 3 is 2.55 bits per heavy atom. The van der Waals surface area contributed by atoms with Gasteiger partial charge in [0.2, 0.25) is 0 Å². The minimum absolute atomic E-state index is 0.0233. The van der Waals surface area contributed by atoms with Gasteiger partial charge in [0.1, 0.15) is 11.3 Å². The van der Waals surface area contributed by atoms with Crippen LogP contribution in [0.1, 0.15) is 24.0 Å². The zero-order chi connectivity index (χ0) is 23.4. The van der Waals surface area contributed by atoms with Gasteiger partial charge in [-0.05, 0) is 62.2 Å². The van der Waals surface area contributed by atoms with Gasteiger partial charge in [0, 0.05) is 37.4 Å². The highest BCUT2D eigenvalue weighted by Crippen LogP contribution is 2.32. The lowest BCUT2D eigenvalue weighted by atomic mass is 10.1. The number of ether oxygens (including phenoxy) is 1. The van der Waals surface area contributed by atoms with E-state index >= 15 is 0 Å². The van der Waals surface area contributed by atoms with E-state index < -0.39 is 11.7 Å². The first kappa shape index (κ1) is 23.2. The number of nitrogens with zero attached hydrogens (tertiary/aromatic N) is 2. The lowest BCUT2D eigenvalue weighted by molar-refractivity contribution is -0.137. The molecule has 1 aliphatic rings. The molecule has 0 saturated carbocycles. The molecule has 5 nitrogen and oxygen atoms in total. The maximum atomic E-state index is 13.0. The molecule has 2 aromatic carbocycles. The molecule has 1 aliphatic heterocycles. The van der Waals surface area contributed by atoms with Crippen LogP contribution < -0.4 is 15.1 Å². The molecule has 0 amide bonds. The van der Waals surface area contributed by atoms with Crippen molar-refractivity contribution in [3.63, 3.8) is 0 Å². The highest BCUT2D eigenvalue weighted by Gasteiger charge is 2.31. The zero-order valence-corrected chi connectivity index (χ0v) is 18.5. The summed E-state index contributed by atoms with van der Waals surface area (Å²) in [5, 5.41) is 0.526. The number of rotatable bonds is 7. The Bertz CT molecular complexity index is 1150. The van der Waals surface area contributed by atoms with Crippen molar-refractivity contribution in [3.8, 4) is 5.75 Å². The molecule has 0 N–H and O–H groups in total. The number of aryl methyl sites for hydroxylation is 1. The van der Waals surface area contributed by atoms with Crippen LogP contribution in [0.25, 0.3) is 11.0 Å². The molecule has 0 spiro atoms. The van der Waals surface area contributed by atoms with Crippen LogP contribution in [0.15, 0.2) is 57.9 Å². The Balaban J connectivity index is 1.26. The normalized spacial score (nSPS) is 15.2. The van der Waals surface area contributed by atoms with Gasteiger partial charge in [-0.3, -0.25) is 9.69 Å². The monoisotopic (exact) mass is 460 g/mol. The first-order valence-corrected chi connectivity index (χ1v) is 11.1. The van der Waals surface area contributed by atoms with E-state index in [1.54, 1.807) is 37.6 Å². The van der Waals surface area contributed by atoms with E-state index in [2.05, 4.69) is 4.90 Å². The minimum atomic E-state index is -4.33. The van der Waals surface area contributed by atoms with Crippen molar-refractivity contribution < 1.29 is 22.3 Å². The fourth-order valence-electron chi connectivity index (χ4n) is 4.21. The summed E-state index contributed by atoms with van der Waals surface area (Å²) in [7, 11) is 1.56. The molecule has 0 bridgehead atoms. The number of benzene rings is 2. The van der Waals surface area contributed by atoms with Gasteiger partial charge >= 0.3 is 6.18 Å². The first-order chi connectivity index (χ1) is 15.8. The number of unbranched alkanes of at least 4 members (excludes halogenated alkanes) is 1. The molecule has 4 rings (SSSR count). The number of hydrogen-bond donors (Lipinski definition) is 0. The molecule has 176 valence electrons. The number of fused-ring (bicyclic) bond motifs is 1. The van der Waals surface area contributed by atoms with Crippen molar-refractivity contribution in [1.29, 1.82) is 0 Å². The molecule has 0 atom stereocenters. The lowest BCUT2D eigenvalue weighted by Crippen LogP contribution is -2.46. The molecule has 0 unspecified atom stereocenters. The Morgan fingerprint density at radius 1 is 1.03 bits per heavy atom. The molecule has 3 aromatic rings. The van der Waals surface area contributed by atoms with E-state index in [-0.39, 0.29) is 5.43 Å². The number of hydrogen-bond acceptors (Lipinski definition) is 5. The van der Waals surface area contributed by atoms with Crippen molar-refractivity contribution >= 4 is 16.7 Å². The molecule has 0 aliphatic carbocycles. The summed E-state index contributed by atoms with van der Waals surface area (Å²) in [5.74, 6) is 0.622. The molecule has 0 radical (unpaired) electrons. The second-order valence-corrected chi connectivity index (χ2v) is 8.29. The standard InChI is InChI=1S/C25H27F3N2O3/c1-32-21-8-9-23-22(16-21)24(31)18(17-33-23)5-2-3-10-29-11-13-30(14-12-29)20-7-4-6-19(15-20)25(26,27)28/h4,6-9,15-17H,2-3,5,10-14H2,1H3. The summed E-state index contributed by atoms with van der Waals surface area (Å²) in [6, 6.07) is 10.7. The van der Waals surface area contributed by atoms with Crippen molar-refractivity contribution in [2.75, 3.05) is 44.7 Å². The van der Waals surface area contributed by atoms with E-state index in [0.717, 1.165) is 38.5 Å². The summed E-state index contributed by atoms with van der Waals surface area (Å²) in [5.41, 5.74) is 1.18. The van der Waals surface area contributed by atoms with E-state index in [1.807, 2.05) is 4.90 Å². The van der Waals surface area contributed by atoms with Crippen LogP contribution in [0.4, 0.5) is 18.9 Å². The van der Waals surface area contributed by atoms with Gasteiger partial charge < -0.3 is 14.1 Å². The third-order valence-corrected chi connectivity index (χ3v) is 6.13.